The van der Waals surface area contributed by atoms with Crippen LogP contribution >= 0.6 is 12.2 Å². The molecule has 98 valence electrons. The van der Waals surface area contributed by atoms with Crippen LogP contribution in [-0.2, 0) is 10.0 Å². The molecule has 3 N–H and O–H groups in total. The summed E-state index contributed by atoms with van der Waals surface area (Å²) in [4.78, 5) is 0.0342. The van der Waals surface area contributed by atoms with Crippen molar-refractivity contribution in [2.75, 3.05) is 6.54 Å². The fraction of sp³-hybridized carbons (Fsp3) is 0.909. The van der Waals surface area contributed by atoms with E-state index in [4.69, 9.17) is 18.0 Å². The standard InChI is InChI=1S/C11H20N2O2S2/c1-7(11(12)16)17(14,15)13-6-10(8-2-3-8)9-4-5-9/h7-10,13H,2-6H2,1H3,(H2,12,16). The SMILES string of the molecule is CC(C(N)=S)S(=O)(=O)NCC(C1CC1)C1CC1. The van der Waals surface area contributed by atoms with Crippen LogP contribution in [0.5, 0.6) is 0 Å². The predicted molar refractivity (Wildman–Crippen MR) is 72.1 cm³/mol. The van der Waals surface area contributed by atoms with Crippen molar-refractivity contribution >= 4 is 27.2 Å². The molecule has 0 bridgehead atoms. The fourth-order valence-corrected chi connectivity index (χ4v) is 3.62. The average molecular weight is 276 g/mol. The quantitative estimate of drug-likeness (QED) is 0.681. The third-order valence-electron chi connectivity index (χ3n) is 3.84. The van der Waals surface area contributed by atoms with Crippen molar-refractivity contribution in [1.29, 1.82) is 0 Å². The molecule has 0 amide bonds. The van der Waals surface area contributed by atoms with Crippen LogP contribution in [0.15, 0.2) is 0 Å². The predicted octanol–water partition coefficient (Wildman–Crippen LogP) is 1.02. The number of nitrogens with two attached hydrogens (primary N) is 1. The van der Waals surface area contributed by atoms with Crippen LogP contribution in [0.4, 0.5) is 0 Å². The number of nitrogens with one attached hydrogen (secondary N) is 1. The zero-order valence-electron chi connectivity index (χ0n) is 10.1. The van der Waals surface area contributed by atoms with Crippen molar-refractivity contribution in [2.45, 2.75) is 37.9 Å². The van der Waals surface area contributed by atoms with E-state index in [1.165, 1.54) is 32.6 Å². The highest BCUT2D eigenvalue weighted by Crippen LogP contribution is 2.48. The Hall–Kier alpha value is -0.200. The summed E-state index contributed by atoms with van der Waals surface area (Å²) in [6, 6.07) is 0. The minimum absolute atomic E-state index is 0.0342. The molecule has 4 nitrogen and oxygen atoms in total. The van der Waals surface area contributed by atoms with E-state index in [0.717, 1.165) is 11.8 Å². The Bertz CT molecular complexity index is 388. The van der Waals surface area contributed by atoms with Gasteiger partial charge in [0.05, 0.1) is 4.99 Å². The lowest BCUT2D eigenvalue weighted by molar-refractivity contribution is 0.401. The summed E-state index contributed by atoms with van der Waals surface area (Å²) in [5, 5.41) is -0.781. The lowest BCUT2D eigenvalue weighted by atomic mass is 9.99. The van der Waals surface area contributed by atoms with Crippen LogP contribution in [0.25, 0.3) is 0 Å². The van der Waals surface area contributed by atoms with Crippen molar-refractivity contribution in [3.63, 3.8) is 0 Å². The lowest BCUT2D eigenvalue weighted by Gasteiger charge is -2.18. The molecule has 0 aromatic rings. The van der Waals surface area contributed by atoms with Gasteiger partial charge in [0.2, 0.25) is 10.0 Å². The van der Waals surface area contributed by atoms with Gasteiger partial charge in [-0.3, -0.25) is 0 Å². The Balaban J connectivity index is 1.89. The minimum Gasteiger partial charge on any atom is -0.392 e. The Morgan fingerprint density at radius 1 is 1.35 bits per heavy atom. The molecular formula is C11H20N2O2S2. The average Bonchev–Trinajstić information content (AvgIpc) is 3.09. The van der Waals surface area contributed by atoms with Crippen LogP contribution in [0.2, 0.25) is 0 Å². The zero-order valence-corrected chi connectivity index (χ0v) is 11.7. The molecule has 1 atom stereocenters. The smallest absolute Gasteiger partial charge is 0.220 e. The van der Waals surface area contributed by atoms with E-state index < -0.39 is 15.3 Å². The zero-order chi connectivity index (χ0) is 12.6. The summed E-state index contributed by atoms with van der Waals surface area (Å²) in [6.07, 6.45) is 5.03. The summed E-state index contributed by atoms with van der Waals surface area (Å²) in [7, 11) is -3.38. The Kier molecular flexibility index (Phi) is 3.75. The van der Waals surface area contributed by atoms with Crippen LogP contribution in [0, 0.1) is 17.8 Å². The van der Waals surface area contributed by atoms with Gasteiger partial charge in [0.25, 0.3) is 0 Å². The molecule has 0 aromatic carbocycles. The van der Waals surface area contributed by atoms with Gasteiger partial charge in [-0.1, -0.05) is 12.2 Å². The molecule has 0 spiro atoms. The monoisotopic (exact) mass is 276 g/mol. The molecule has 1 unspecified atom stereocenters. The van der Waals surface area contributed by atoms with Crippen LogP contribution in [0.3, 0.4) is 0 Å². The molecule has 0 radical (unpaired) electrons. The molecule has 2 rings (SSSR count). The maximum absolute atomic E-state index is 11.9. The van der Waals surface area contributed by atoms with Gasteiger partial charge in [0.15, 0.2) is 0 Å². The van der Waals surface area contributed by atoms with Gasteiger partial charge in [-0.25, -0.2) is 13.1 Å². The normalized spacial score (nSPS) is 22.7. The molecule has 2 fully saturated rings. The summed E-state index contributed by atoms with van der Waals surface area (Å²) >= 11 is 4.73. The number of hydrogen-bond donors (Lipinski definition) is 2. The first-order chi connectivity index (χ1) is 7.92. The molecule has 0 aliphatic heterocycles. The van der Waals surface area contributed by atoms with Gasteiger partial charge >= 0.3 is 0 Å². The van der Waals surface area contributed by atoms with E-state index >= 15 is 0 Å². The molecule has 2 aliphatic carbocycles. The van der Waals surface area contributed by atoms with E-state index in [9.17, 15) is 8.42 Å². The van der Waals surface area contributed by atoms with E-state index in [1.807, 2.05) is 0 Å². The summed E-state index contributed by atoms with van der Waals surface area (Å²) < 4.78 is 26.5. The van der Waals surface area contributed by atoms with Crippen LogP contribution in [0.1, 0.15) is 32.6 Å². The Morgan fingerprint density at radius 3 is 2.18 bits per heavy atom. The molecule has 17 heavy (non-hydrogen) atoms. The largest absolute Gasteiger partial charge is 0.392 e. The first kappa shape index (κ1) is 13.2. The third-order valence-corrected chi connectivity index (χ3v) is 6.10. The van der Waals surface area contributed by atoms with E-state index in [1.54, 1.807) is 0 Å². The highest BCUT2D eigenvalue weighted by Gasteiger charge is 2.41. The van der Waals surface area contributed by atoms with Gasteiger partial charge in [0.1, 0.15) is 5.25 Å². The lowest BCUT2D eigenvalue weighted by Crippen LogP contribution is -2.42. The highest BCUT2D eigenvalue weighted by atomic mass is 32.2. The Morgan fingerprint density at radius 2 is 1.82 bits per heavy atom. The summed E-state index contributed by atoms with van der Waals surface area (Å²) in [6.45, 7) is 2.10. The van der Waals surface area contributed by atoms with Crippen LogP contribution < -0.4 is 10.5 Å². The van der Waals surface area contributed by atoms with Gasteiger partial charge in [-0.05, 0) is 50.4 Å². The second-order valence-electron chi connectivity index (χ2n) is 5.28. The summed E-state index contributed by atoms with van der Waals surface area (Å²) in [5.74, 6) is 2.01. The second kappa shape index (κ2) is 4.82. The first-order valence-electron chi connectivity index (χ1n) is 6.19. The molecule has 2 saturated carbocycles. The third kappa shape index (κ3) is 3.39. The molecule has 2 aliphatic rings. The van der Waals surface area contributed by atoms with Crippen molar-refractivity contribution in [1.82, 2.24) is 4.72 Å². The van der Waals surface area contributed by atoms with Gasteiger partial charge in [0, 0.05) is 6.54 Å². The topological polar surface area (TPSA) is 72.2 Å². The minimum atomic E-state index is -3.38. The van der Waals surface area contributed by atoms with Gasteiger partial charge < -0.3 is 5.73 Å². The maximum atomic E-state index is 11.9. The number of rotatable bonds is 7. The number of thiocarbonyl (C=S) groups is 1. The maximum Gasteiger partial charge on any atom is 0.220 e. The second-order valence-corrected chi connectivity index (χ2v) is 7.83. The first-order valence-corrected chi connectivity index (χ1v) is 8.15. The fourth-order valence-electron chi connectivity index (χ4n) is 2.26. The van der Waals surface area contributed by atoms with E-state index in [-0.39, 0.29) is 4.99 Å². The molecule has 0 aromatic heterocycles. The number of sulfonamides is 1. The van der Waals surface area contributed by atoms with Crippen molar-refractivity contribution < 1.29 is 8.42 Å². The summed E-state index contributed by atoms with van der Waals surface area (Å²) in [5.41, 5.74) is 5.39. The van der Waals surface area contributed by atoms with Crippen molar-refractivity contribution in [2.24, 2.45) is 23.5 Å². The number of hydrogen-bond acceptors (Lipinski definition) is 3. The van der Waals surface area contributed by atoms with Gasteiger partial charge in [-0.15, -0.1) is 0 Å². The molecular weight excluding hydrogens is 256 g/mol. The van der Waals surface area contributed by atoms with Crippen LogP contribution in [-0.4, -0.2) is 25.2 Å². The van der Waals surface area contributed by atoms with Gasteiger partial charge in [-0.2, -0.15) is 0 Å². The van der Waals surface area contributed by atoms with E-state index in [0.29, 0.717) is 12.5 Å². The molecule has 6 heteroatoms. The van der Waals surface area contributed by atoms with Crippen molar-refractivity contribution in [3.05, 3.63) is 0 Å². The highest BCUT2D eigenvalue weighted by molar-refractivity contribution is 7.93. The Labute approximate surface area is 108 Å². The molecule has 0 heterocycles. The molecule has 0 saturated heterocycles. The van der Waals surface area contributed by atoms with Crippen molar-refractivity contribution in [3.8, 4) is 0 Å². The van der Waals surface area contributed by atoms with E-state index in [2.05, 4.69) is 4.72 Å².